The summed E-state index contributed by atoms with van der Waals surface area (Å²) in [6.07, 6.45) is 4.99. The van der Waals surface area contributed by atoms with Crippen LogP contribution in [0.4, 0.5) is 15.7 Å². The average molecular weight is 500 g/mol. The van der Waals surface area contributed by atoms with Crippen molar-refractivity contribution in [1.29, 1.82) is 0 Å². The minimum atomic E-state index is -0.178. The van der Waals surface area contributed by atoms with E-state index in [0.717, 1.165) is 70.4 Å². The molecule has 9 heteroatoms. The summed E-state index contributed by atoms with van der Waals surface area (Å²) in [6.45, 7) is 5.00. The van der Waals surface area contributed by atoms with Crippen LogP contribution in [0.2, 0.25) is 0 Å². The summed E-state index contributed by atoms with van der Waals surface area (Å²) in [4.78, 5) is 24.5. The van der Waals surface area contributed by atoms with Crippen molar-refractivity contribution in [2.75, 3.05) is 31.3 Å². The highest BCUT2D eigenvalue weighted by Gasteiger charge is 2.53. The number of nitrogens with one attached hydrogen (secondary N) is 2. The Kier molecular flexibility index (Phi) is 5.33. The van der Waals surface area contributed by atoms with E-state index in [1.807, 2.05) is 12.3 Å². The quantitative estimate of drug-likeness (QED) is 0.380. The third-order valence-corrected chi connectivity index (χ3v) is 8.07. The van der Waals surface area contributed by atoms with Gasteiger partial charge in [0, 0.05) is 49.8 Å². The summed E-state index contributed by atoms with van der Waals surface area (Å²) in [7, 11) is 3.46. The zero-order valence-corrected chi connectivity index (χ0v) is 21.7. The monoisotopic (exact) mass is 499 g/mol. The van der Waals surface area contributed by atoms with E-state index in [0.29, 0.717) is 5.13 Å². The predicted molar refractivity (Wildman–Crippen MR) is 144 cm³/mol. The summed E-state index contributed by atoms with van der Waals surface area (Å²) in [5, 5.41) is 12.1. The molecule has 2 aliphatic carbocycles. The molecule has 0 aliphatic heterocycles. The van der Waals surface area contributed by atoms with Gasteiger partial charge in [-0.3, -0.25) is 5.32 Å². The highest BCUT2D eigenvalue weighted by molar-refractivity contribution is 7.19. The second-order valence-electron chi connectivity index (χ2n) is 9.81. The maximum atomic E-state index is 12.4. The number of rotatable bonds is 5. The molecule has 184 valence electrons. The Labute approximate surface area is 214 Å². The Morgan fingerprint density at radius 1 is 1.19 bits per heavy atom. The molecule has 0 radical (unpaired) electrons. The van der Waals surface area contributed by atoms with Crippen LogP contribution in [0, 0.1) is 6.92 Å². The Bertz CT molecular complexity index is 1460. The highest BCUT2D eigenvalue weighted by Crippen LogP contribution is 2.61. The van der Waals surface area contributed by atoms with Gasteiger partial charge in [-0.05, 0) is 50.5 Å². The van der Waals surface area contributed by atoms with Gasteiger partial charge in [0.25, 0.3) is 0 Å². The molecule has 1 aromatic carbocycles. The molecular formula is C27H29N7OS. The van der Waals surface area contributed by atoms with Crippen LogP contribution in [0.15, 0.2) is 42.6 Å². The molecule has 0 bridgehead atoms. The molecular weight excluding hydrogens is 470 g/mol. The summed E-state index contributed by atoms with van der Waals surface area (Å²) in [5.74, 6) is 0.862. The lowest BCUT2D eigenvalue weighted by Gasteiger charge is -2.23. The van der Waals surface area contributed by atoms with Crippen molar-refractivity contribution in [2.45, 2.75) is 38.5 Å². The second-order valence-corrected chi connectivity index (χ2v) is 10.8. The first-order chi connectivity index (χ1) is 17.4. The molecule has 2 N–H and O–H groups in total. The number of thiazole rings is 1. The minimum Gasteiger partial charge on any atom is -0.370 e. The van der Waals surface area contributed by atoms with E-state index in [1.54, 1.807) is 14.1 Å². The summed E-state index contributed by atoms with van der Waals surface area (Å²) < 4.78 is 2.09. The topological polar surface area (TPSA) is 88.0 Å². The van der Waals surface area contributed by atoms with Crippen LogP contribution < -0.4 is 10.6 Å². The van der Waals surface area contributed by atoms with Crippen LogP contribution in [0.25, 0.3) is 27.5 Å². The predicted octanol–water partition coefficient (Wildman–Crippen LogP) is 5.48. The minimum absolute atomic E-state index is 0.0237. The maximum absolute atomic E-state index is 12.4. The number of hydrogen-bond acceptors (Lipinski definition) is 6. The third-order valence-electron chi connectivity index (χ3n) is 7.05. The molecule has 6 rings (SSSR count). The standard InChI is InChI=1S/C27H29N7OS/c1-5-28-20-11-10-17(15-29-20)22-21-23(34(32-22)19-9-7-6-8-16(19)2)24-18(14-27(21)12-13-27)30-25(36-24)31-26(35)33(3)4/h6-11,15H,5,12-14H2,1-4H3,(H,28,29)(H,30,31,35). The number of carbonyl (C=O) groups is 1. The van der Waals surface area contributed by atoms with Gasteiger partial charge < -0.3 is 10.2 Å². The van der Waals surface area contributed by atoms with E-state index in [1.165, 1.54) is 21.8 Å². The van der Waals surface area contributed by atoms with Crippen molar-refractivity contribution in [3.8, 4) is 27.5 Å². The number of aryl methyl sites for hydroxylation is 1. The molecule has 2 amide bonds. The Balaban J connectivity index is 1.56. The van der Waals surface area contributed by atoms with E-state index >= 15 is 0 Å². The van der Waals surface area contributed by atoms with E-state index in [9.17, 15) is 4.79 Å². The number of benzene rings is 1. The third kappa shape index (κ3) is 3.65. The number of fused-ring (bicyclic) bond motifs is 4. The molecule has 36 heavy (non-hydrogen) atoms. The first-order valence-electron chi connectivity index (χ1n) is 12.3. The first-order valence-corrected chi connectivity index (χ1v) is 13.1. The number of nitrogens with zero attached hydrogens (tertiary/aromatic N) is 5. The molecule has 1 saturated carbocycles. The molecule has 2 aliphatic rings. The van der Waals surface area contributed by atoms with Crippen LogP contribution in [0.1, 0.15) is 36.6 Å². The average Bonchev–Trinajstić information content (AvgIpc) is 3.32. The van der Waals surface area contributed by atoms with E-state index in [-0.39, 0.29) is 11.4 Å². The lowest BCUT2D eigenvalue weighted by atomic mass is 9.82. The van der Waals surface area contributed by atoms with Gasteiger partial charge in [-0.1, -0.05) is 29.5 Å². The van der Waals surface area contributed by atoms with Crippen LogP contribution in [-0.4, -0.2) is 51.3 Å². The Morgan fingerprint density at radius 2 is 2.00 bits per heavy atom. The number of anilines is 2. The van der Waals surface area contributed by atoms with Gasteiger partial charge in [0.05, 0.1) is 27.6 Å². The second kappa shape index (κ2) is 8.44. The van der Waals surface area contributed by atoms with Gasteiger partial charge >= 0.3 is 6.03 Å². The van der Waals surface area contributed by atoms with Gasteiger partial charge in [-0.15, -0.1) is 0 Å². The zero-order valence-electron chi connectivity index (χ0n) is 20.9. The number of hydrogen-bond donors (Lipinski definition) is 2. The molecule has 1 fully saturated rings. The molecule has 4 aromatic rings. The Hall–Kier alpha value is -3.72. The van der Waals surface area contributed by atoms with E-state index in [4.69, 9.17) is 10.1 Å². The van der Waals surface area contributed by atoms with Crippen LogP contribution in [0.3, 0.4) is 0 Å². The van der Waals surface area contributed by atoms with E-state index in [2.05, 4.69) is 64.5 Å². The fourth-order valence-electron chi connectivity index (χ4n) is 5.03. The molecule has 0 atom stereocenters. The van der Waals surface area contributed by atoms with Gasteiger partial charge in [0.15, 0.2) is 5.13 Å². The lowest BCUT2D eigenvalue weighted by Crippen LogP contribution is -2.27. The van der Waals surface area contributed by atoms with E-state index < -0.39 is 0 Å². The van der Waals surface area contributed by atoms with Gasteiger partial charge in [0.1, 0.15) is 5.82 Å². The normalized spacial score (nSPS) is 14.8. The molecule has 8 nitrogen and oxygen atoms in total. The largest absolute Gasteiger partial charge is 0.370 e. The fraction of sp³-hybridized carbons (Fsp3) is 0.333. The smallest absolute Gasteiger partial charge is 0.323 e. The molecule has 0 saturated heterocycles. The molecule has 0 unspecified atom stereocenters. The number of para-hydroxylation sites is 1. The maximum Gasteiger partial charge on any atom is 0.323 e. The summed E-state index contributed by atoms with van der Waals surface area (Å²) in [5.41, 5.74) is 7.64. The number of carbonyl (C=O) groups excluding carboxylic acids is 1. The highest BCUT2D eigenvalue weighted by atomic mass is 32.1. The van der Waals surface area contributed by atoms with Crippen molar-refractivity contribution >= 4 is 28.3 Å². The Morgan fingerprint density at radius 3 is 2.67 bits per heavy atom. The van der Waals surface area contributed by atoms with Crippen molar-refractivity contribution in [1.82, 2.24) is 24.6 Å². The van der Waals surface area contributed by atoms with Gasteiger partial charge in [-0.25, -0.2) is 19.4 Å². The number of aromatic nitrogens is 4. The molecule has 1 spiro atoms. The SMILES string of the molecule is CCNc1ccc(-c2nn(-c3ccccc3C)c3c2C2(CC2)Cc2nc(NC(=O)N(C)C)sc2-3)cn1. The van der Waals surface area contributed by atoms with Crippen molar-refractivity contribution in [2.24, 2.45) is 0 Å². The summed E-state index contributed by atoms with van der Waals surface area (Å²) in [6, 6.07) is 12.3. The van der Waals surface area contributed by atoms with Gasteiger partial charge in [0.2, 0.25) is 0 Å². The van der Waals surface area contributed by atoms with Crippen LogP contribution in [0.5, 0.6) is 0 Å². The lowest BCUT2D eigenvalue weighted by molar-refractivity contribution is 0.230. The van der Waals surface area contributed by atoms with Crippen LogP contribution in [-0.2, 0) is 11.8 Å². The number of pyridine rings is 1. The van der Waals surface area contributed by atoms with Crippen molar-refractivity contribution < 1.29 is 4.79 Å². The van der Waals surface area contributed by atoms with Gasteiger partial charge in [-0.2, -0.15) is 5.10 Å². The zero-order chi connectivity index (χ0) is 25.0. The molecule has 3 heterocycles. The van der Waals surface area contributed by atoms with Crippen molar-refractivity contribution in [3.63, 3.8) is 0 Å². The van der Waals surface area contributed by atoms with Crippen LogP contribution >= 0.6 is 11.3 Å². The number of urea groups is 1. The first kappa shape index (κ1) is 22.7. The number of amides is 2. The summed E-state index contributed by atoms with van der Waals surface area (Å²) >= 11 is 1.53. The van der Waals surface area contributed by atoms with Crippen molar-refractivity contribution in [3.05, 3.63) is 59.4 Å². The fourth-order valence-corrected chi connectivity index (χ4v) is 6.04. The molecule has 3 aromatic heterocycles.